The van der Waals surface area contributed by atoms with Crippen LogP contribution in [-0.2, 0) is 22.4 Å². The van der Waals surface area contributed by atoms with Gasteiger partial charge in [-0.25, -0.2) is 4.98 Å². The molecule has 0 N–H and O–H groups in total. The molecule has 2 aromatic carbocycles. The van der Waals surface area contributed by atoms with Gasteiger partial charge in [-0.2, -0.15) is 0 Å². The van der Waals surface area contributed by atoms with Crippen LogP contribution in [0.1, 0.15) is 76.0 Å². The van der Waals surface area contributed by atoms with E-state index >= 15 is 0 Å². The van der Waals surface area contributed by atoms with Gasteiger partial charge in [0.05, 0.1) is 37.7 Å². The summed E-state index contributed by atoms with van der Waals surface area (Å²) in [5.74, 6) is 2.62. The van der Waals surface area contributed by atoms with Crippen LogP contribution in [0.4, 0.5) is 0 Å². The van der Waals surface area contributed by atoms with Gasteiger partial charge in [0, 0.05) is 12.0 Å². The zero-order valence-corrected chi connectivity index (χ0v) is 23.8. The Labute approximate surface area is 230 Å². The summed E-state index contributed by atoms with van der Waals surface area (Å²) in [5.41, 5.74) is 4.82. The minimum absolute atomic E-state index is 0.109. The molecule has 0 amide bonds. The van der Waals surface area contributed by atoms with Crippen LogP contribution in [-0.4, -0.2) is 36.9 Å². The van der Waals surface area contributed by atoms with Gasteiger partial charge in [-0.3, -0.25) is 4.79 Å². The molecule has 0 unspecified atom stereocenters. The number of fused-ring (bicyclic) bond motifs is 1. The van der Waals surface area contributed by atoms with E-state index in [1.165, 1.54) is 16.7 Å². The normalized spacial score (nSPS) is 14.4. The molecule has 38 heavy (non-hydrogen) atoms. The van der Waals surface area contributed by atoms with Gasteiger partial charge in [0.25, 0.3) is 0 Å². The Morgan fingerprint density at radius 3 is 2.74 bits per heavy atom. The molecule has 0 aliphatic heterocycles. The number of nitrogens with zero attached hydrogens (tertiary/aromatic N) is 1. The Bertz CT molecular complexity index is 1200. The van der Waals surface area contributed by atoms with Crippen molar-refractivity contribution >= 4 is 17.3 Å². The van der Waals surface area contributed by atoms with Crippen molar-refractivity contribution in [2.75, 3.05) is 19.8 Å². The molecular weight excluding hydrogens is 498 g/mol. The van der Waals surface area contributed by atoms with E-state index in [9.17, 15) is 4.79 Å². The first-order chi connectivity index (χ1) is 18.5. The van der Waals surface area contributed by atoms with Crippen LogP contribution < -0.4 is 14.2 Å². The SMILES string of the molecule is CCCc1cc(-c2nc(OC(C)C)cs2)ccc1OCCCOc1ccc2c(c1)CC[C@H]2CC(=O)OCC. The molecule has 6 nitrogen and oxygen atoms in total. The molecule has 0 bridgehead atoms. The summed E-state index contributed by atoms with van der Waals surface area (Å²) in [6.45, 7) is 9.64. The van der Waals surface area contributed by atoms with Crippen LogP contribution in [0.15, 0.2) is 41.8 Å². The number of hydrogen-bond donors (Lipinski definition) is 0. The van der Waals surface area contributed by atoms with Crippen LogP contribution >= 0.6 is 11.3 Å². The predicted octanol–water partition coefficient (Wildman–Crippen LogP) is 7.38. The molecule has 1 aromatic heterocycles. The monoisotopic (exact) mass is 537 g/mol. The Morgan fingerprint density at radius 2 is 1.95 bits per heavy atom. The van der Waals surface area contributed by atoms with E-state index in [-0.39, 0.29) is 18.0 Å². The smallest absolute Gasteiger partial charge is 0.306 e. The molecule has 1 aliphatic carbocycles. The lowest BCUT2D eigenvalue weighted by molar-refractivity contribution is -0.143. The van der Waals surface area contributed by atoms with Crippen molar-refractivity contribution in [1.29, 1.82) is 0 Å². The standard InChI is InChI=1S/C31H39NO5S/c1-5-8-24-17-25(31-32-29(20-38-31)37-21(3)4)11-14-28(24)36-16-7-15-35-26-12-13-27-22(18-26)9-10-23(27)19-30(33)34-6-2/h11-14,17-18,20-21,23H,5-10,15-16,19H2,1-4H3/t23-/m0/s1. The molecule has 1 atom stereocenters. The molecule has 0 saturated heterocycles. The number of thiazole rings is 1. The third-order valence-electron chi connectivity index (χ3n) is 6.52. The summed E-state index contributed by atoms with van der Waals surface area (Å²) in [6.07, 6.45) is 5.31. The largest absolute Gasteiger partial charge is 0.493 e. The Morgan fingerprint density at radius 1 is 1.11 bits per heavy atom. The summed E-state index contributed by atoms with van der Waals surface area (Å²) in [4.78, 5) is 16.5. The lowest BCUT2D eigenvalue weighted by atomic mass is 9.98. The third-order valence-corrected chi connectivity index (χ3v) is 7.39. The van der Waals surface area contributed by atoms with E-state index in [1.807, 2.05) is 32.2 Å². The van der Waals surface area contributed by atoms with Crippen LogP contribution in [0.25, 0.3) is 10.6 Å². The lowest BCUT2D eigenvalue weighted by Crippen LogP contribution is -2.08. The summed E-state index contributed by atoms with van der Waals surface area (Å²) in [5, 5.41) is 2.92. The van der Waals surface area contributed by atoms with Crippen LogP contribution in [0.5, 0.6) is 17.4 Å². The lowest BCUT2D eigenvalue weighted by Gasteiger charge is -2.14. The number of hydrogen-bond acceptors (Lipinski definition) is 7. The second-order valence-corrected chi connectivity index (χ2v) is 10.7. The highest BCUT2D eigenvalue weighted by Gasteiger charge is 2.25. The molecular formula is C31H39NO5S. The van der Waals surface area contributed by atoms with Crippen molar-refractivity contribution in [3.8, 4) is 28.0 Å². The fourth-order valence-corrected chi connectivity index (χ4v) is 5.57. The molecule has 0 fully saturated rings. The fourth-order valence-electron chi connectivity index (χ4n) is 4.84. The molecule has 4 rings (SSSR count). The van der Waals surface area contributed by atoms with Crippen LogP contribution in [0.3, 0.4) is 0 Å². The minimum atomic E-state index is -0.115. The van der Waals surface area contributed by atoms with Crippen LogP contribution in [0, 0.1) is 0 Å². The van der Waals surface area contributed by atoms with E-state index in [2.05, 4.69) is 42.2 Å². The predicted molar refractivity (Wildman–Crippen MR) is 152 cm³/mol. The quantitative estimate of drug-likeness (QED) is 0.158. The number of carbonyl (C=O) groups is 1. The summed E-state index contributed by atoms with van der Waals surface area (Å²) in [6, 6.07) is 12.6. The van der Waals surface area contributed by atoms with E-state index in [0.717, 1.165) is 54.2 Å². The highest BCUT2D eigenvalue weighted by atomic mass is 32.1. The van der Waals surface area contributed by atoms with E-state index in [0.29, 0.717) is 32.1 Å². The average Bonchev–Trinajstić information content (AvgIpc) is 3.51. The minimum Gasteiger partial charge on any atom is -0.493 e. The number of aryl methyl sites for hydroxylation is 2. The van der Waals surface area contributed by atoms with E-state index < -0.39 is 0 Å². The molecule has 7 heteroatoms. The topological polar surface area (TPSA) is 66.9 Å². The number of carbonyl (C=O) groups excluding carboxylic acids is 1. The van der Waals surface area contributed by atoms with Gasteiger partial charge in [0.1, 0.15) is 16.5 Å². The Balaban J connectivity index is 1.27. The van der Waals surface area contributed by atoms with Gasteiger partial charge in [-0.15, -0.1) is 11.3 Å². The Kier molecular flexibility index (Phi) is 10.0. The summed E-state index contributed by atoms with van der Waals surface area (Å²) < 4.78 is 23.0. The highest BCUT2D eigenvalue weighted by molar-refractivity contribution is 7.13. The second kappa shape index (κ2) is 13.7. The summed E-state index contributed by atoms with van der Waals surface area (Å²) >= 11 is 1.60. The Hall–Kier alpha value is -3.06. The molecule has 0 saturated carbocycles. The number of rotatable bonds is 14. The highest BCUT2D eigenvalue weighted by Crippen LogP contribution is 2.37. The number of ether oxygens (including phenoxy) is 4. The maximum absolute atomic E-state index is 11.9. The van der Waals surface area contributed by atoms with E-state index in [1.54, 1.807) is 11.3 Å². The molecule has 0 radical (unpaired) electrons. The first kappa shape index (κ1) is 28.0. The van der Waals surface area contributed by atoms with Gasteiger partial charge in [0.15, 0.2) is 0 Å². The maximum atomic E-state index is 11.9. The number of aromatic nitrogens is 1. The zero-order chi connectivity index (χ0) is 26.9. The van der Waals surface area contributed by atoms with Gasteiger partial charge in [0.2, 0.25) is 5.88 Å². The van der Waals surface area contributed by atoms with Crippen molar-refractivity contribution in [2.24, 2.45) is 0 Å². The average molecular weight is 538 g/mol. The van der Waals surface area contributed by atoms with Gasteiger partial charge >= 0.3 is 5.97 Å². The van der Waals surface area contributed by atoms with Crippen molar-refractivity contribution in [2.45, 2.75) is 78.2 Å². The van der Waals surface area contributed by atoms with Crippen LogP contribution in [0.2, 0.25) is 0 Å². The number of benzene rings is 2. The molecule has 1 heterocycles. The third kappa shape index (κ3) is 7.50. The molecule has 204 valence electrons. The first-order valence-corrected chi connectivity index (χ1v) is 14.6. The second-order valence-electron chi connectivity index (χ2n) is 9.89. The molecule has 3 aromatic rings. The van der Waals surface area contributed by atoms with Crippen molar-refractivity contribution in [1.82, 2.24) is 4.98 Å². The van der Waals surface area contributed by atoms with Gasteiger partial charge in [-0.1, -0.05) is 19.4 Å². The first-order valence-electron chi connectivity index (χ1n) is 13.8. The van der Waals surface area contributed by atoms with Gasteiger partial charge in [-0.05, 0) is 93.0 Å². The molecule has 0 spiro atoms. The van der Waals surface area contributed by atoms with Crippen molar-refractivity contribution in [3.05, 3.63) is 58.5 Å². The van der Waals surface area contributed by atoms with E-state index in [4.69, 9.17) is 18.9 Å². The molecule has 1 aliphatic rings. The van der Waals surface area contributed by atoms with Crippen molar-refractivity contribution < 1.29 is 23.7 Å². The fraction of sp³-hybridized carbons (Fsp3) is 0.484. The van der Waals surface area contributed by atoms with Crippen molar-refractivity contribution in [3.63, 3.8) is 0 Å². The number of esters is 1. The maximum Gasteiger partial charge on any atom is 0.306 e. The summed E-state index contributed by atoms with van der Waals surface area (Å²) in [7, 11) is 0. The van der Waals surface area contributed by atoms with Gasteiger partial charge < -0.3 is 18.9 Å². The zero-order valence-electron chi connectivity index (χ0n) is 23.0.